The van der Waals surface area contributed by atoms with E-state index in [1.807, 2.05) is 0 Å². The maximum absolute atomic E-state index is 11.6. The zero-order valence-electron chi connectivity index (χ0n) is 9.78. The number of hydrogen-bond donors (Lipinski definition) is 1. The van der Waals surface area contributed by atoms with Crippen molar-refractivity contribution in [3.8, 4) is 0 Å². The molecule has 1 atom stereocenters. The fourth-order valence-electron chi connectivity index (χ4n) is 1.59. The molecule has 0 aromatic rings. The van der Waals surface area contributed by atoms with Gasteiger partial charge >= 0.3 is 11.9 Å². The lowest BCUT2D eigenvalue weighted by molar-refractivity contribution is -0.152. The number of esters is 2. The normalized spacial score (nSPS) is 22.9. The van der Waals surface area contributed by atoms with Crippen LogP contribution in [0.25, 0.3) is 0 Å². The minimum Gasteiger partial charge on any atom is -0.469 e. The molecular weight excluding hydrogens is 230 g/mol. The average molecular weight is 245 g/mol. The molecule has 1 N–H and O–H groups in total. The predicted octanol–water partition coefficient (Wildman–Crippen LogP) is -1.00. The third kappa shape index (κ3) is 3.16. The van der Waals surface area contributed by atoms with Crippen LogP contribution in [0.5, 0.6) is 0 Å². The highest BCUT2D eigenvalue weighted by atomic mass is 16.5. The number of carbonyl (C=O) groups is 3. The number of methoxy groups -OCH3 is 2. The first-order valence-electron chi connectivity index (χ1n) is 5.08. The van der Waals surface area contributed by atoms with Crippen molar-refractivity contribution in [1.29, 1.82) is 0 Å². The van der Waals surface area contributed by atoms with Gasteiger partial charge in [0.1, 0.15) is 6.42 Å². The number of nitrogens with one attached hydrogen (secondary N) is 1. The number of ether oxygens (including phenoxy) is 3. The highest BCUT2D eigenvalue weighted by Gasteiger charge is 2.45. The molecule has 0 radical (unpaired) electrons. The molecular formula is C10H15NO6. The Balaban J connectivity index is 2.64. The summed E-state index contributed by atoms with van der Waals surface area (Å²) >= 11 is 0. The molecule has 7 nitrogen and oxygen atoms in total. The summed E-state index contributed by atoms with van der Waals surface area (Å²) in [5.41, 5.74) is -1.18. The van der Waals surface area contributed by atoms with Crippen molar-refractivity contribution in [2.45, 2.75) is 18.4 Å². The Labute approximate surface area is 98.4 Å². The monoisotopic (exact) mass is 245 g/mol. The van der Waals surface area contributed by atoms with Crippen LogP contribution in [0.2, 0.25) is 0 Å². The van der Waals surface area contributed by atoms with E-state index in [0.29, 0.717) is 13.0 Å². The van der Waals surface area contributed by atoms with Gasteiger partial charge in [-0.1, -0.05) is 0 Å². The summed E-state index contributed by atoms with van der Waals surface area (Å²) in [6.07, 6.45) is -0.109. The summed E-state index contributed by atoms with van der Waals surface area (Å²) < 4.78 is 14.1. The lowest BCUT2D eigenvalue weighted by Gasteiger charge is -2.25. The van der Waals surface area contributed by atoms with E-state index in [4.69, 9.17) is 4.74 Å². The van der Waals surface area contributed by atoms with Gasteiger partial charge in [0.25, 0.3) is 0 Å². The van der Waals surface area contributed by atoms with E-state index in [0.717, 1.165) is 0 Å². The molecule has 1 aliphatic rings. The Morgan fingerprint density at radius 2 is 2.00 bits per heavy atom. The number of hydrogen-bond acceptors (Lipinski definition) is 6. The number of amides is 1. The quantitative estimate of drug-likeness (QED) is 0.504. The van der Waals surface area contributed by atoms with Gasteiger partial charge in [-0.25, -0.2) is 4.79 Å². The van der Waals surface area contributed by atoms with E-state index >= 15 is 0 Å². The molecule has 1 aliphatic heterocycles. The molecule has 1 heterocycles. The van der Waals surface area contributed by atoms with Crippen LogP contribution in [0.3, 0.4) is 0 Å². The molecule has 1 amide bonds. The zero-order valence-corrected chi connectivity index (χ0v) is 9.78. The number of carbonyl (C=O) groups excluding carboxylic acids is 3. The Bertz CT molecular complexity index is 321. The van der Waals surface area contributed by atoms with E-state index in [2.05, 4.69) is 14.8 Å². The van der Waals surface area contributed by atoms with Gasteiger partial charge in [-0.15, -0.1) is 0 Å². The molecule has 1 saturated heterocycles. The molecule has 1 fully saturated rings. The standard InChI is InChI=1S/C10H15NO6/c1-15-8(13)5-7(12)11-10(9(14)16-2)3-4-17-6-10/h3-6H2,1-2H3,(H,11,12). The molecule has 96 valence electrons. The molecule has 0 aromatic heterocycles. The van der Waals surface area contributed by atoms with Gasteiger partial charge in [-0.2, -0.15) is 0 Å². The zero-order chi connectivity index (χ0) is 12.9. The highest BCUT2D eigenvalue weighted by molar-refractivity contribution is 5.97. The first-order valence-corrected chi connectivity index (χ1v) is 5.08. The molecule has 17 heavy (non-hydrogen) atoms. The van der Waals surface area contributed by atoms with Crippen molar-refractivity contribution in [2.75, 3.05) is 27.4 Å². The van der Waals surface area contributed by atoms with Gasteiger partial charge in [0.15, 0.2) is 5.54 Å². The van der Waals surface area contributed by atoms with E-state index in [-0.39, 0.29) is 6.61 Å². The summed E-state index contributed by atoms with van der Waals surface area (Å²) in [6.45, 7) is 0.403. The summed E-state index contributed by atoms with van der Waals surface area (Å²) in [7, 11) is 2.42. The molecule has 0 saturated carbocycles. The van der Waals surface area contributed by atoms with E-state index in [9.17, 15) is 14.4 Å². The summed E-state index contributed by atoms with van der Waals surface area (Å²) in [4.78, 5) is 34.0. The lowest BCUT2D eigenvalue weighted by Crippen LogP contribution is -2.56. The van der Waals surface area contributed by atoms with Crippen LogP contribution < -0.4 is 5.32 Å². The maximum atomic E-state index is 11.6. The van der Waals surface area contributed by atoms with Gasteiger partial charge in [0.2, 0.25) is 5.91 Å². The molecule has 1 unspecified atom stereocenters. The molecule has 0 bridgehead atoms. The van der Waals surface area contributed by atoms with Gasteiger partial charge < -0.3 is 19.5 Å². The lowest BCUT2D eigenvalue weighted by atomic mass is 9.98. The van der Waals surface area contributed by atoms with Crippen LogP contribution in [-0.4, -0.2) is 50.8 Å². The second-order valence-corrected chi connectivity index (χ2v) is 3.68. The van der Waals surface area contributed by atoms with E-state index < -0.39 is 29.8 Å². The first kappa shape index (κ1) is 13.4. The van der Waals surface area contributed by atoms with Gasteiger partial charge in [0.05, 0.1) is 20.8 Å². The third-order valence-corrected chi connectivity index (χ3v) is 2.51. The van der Waals surface area contributed by atoms with Crippen molar-refractivity contribution in [3.05, 3.63) is 0 Å². The smallest absolute Gasteiger partial charge is 0.334 e. The molecule has 7 heteroatoms. The Hall–Kier alpha value is -1.63. The van der Waals surface area contributed by atoms with Crippen LogP contribution in [0.1, 0.15) is 12.8 Å². The first-order chi connectivity index (χ1) is 8.04. The fraction of sp³-hybridized carbons (Fsp3) is 0.700. The fourth-order valence-corrected chi connectivity index (χ4v) is 1.59. The second kappa shape index (κ2) is 5.62. The topological polar surface area (TPSA) is 90.9 Å². The summed E-state index contributed by atoms with van der Waals surface area (Å²) in [6, 6.07) is 0. The number of rotatable bonds is 4. The molecule has 0 aromatic carbocycles. The van der Waals surface area contributed by atoms with Crippen molar-refractivity contribution in [3.63, 3.8) is 0 Å². The Morgan fingerprint density at radius 3 is 2.47 bits per heavy atom. The van der Waals surface area contributed by atoms with Crippen LogP contribution in [0.4, 0.5) is 0 Å². The van der Waals surface area contributed by atoms with Crippen LogP contribution in [-0.2, 0) is 28.6 Å². The van der Waals surface area contributed by atoms with Gasteiger partial charge in [-0.05, 0) is 0 Å². The van der Waals surface area contributed by atoms with Crippen LogP contribution in [0, 0.1) is 0 Å². The van der Waals surface area contributed by atoms with Crippen molar-refractivity contribution < 1.29 is 28.6 Å². The van der Waals surface area contributed by atoms with Crippen molar-refractivity contribution >= 4 is 17.8 Å². The SMILES string of the molecule is COC(=O)CC(=O)NC1(C(=O)OC)CCOC1. The van der Waals surface area contributed by atoms with Crippen molar-refractivity contribution in [1.82, 2.24) is 5.32 Å². The van der Waals surface area contributed by atoms with E-state index in [1.165, 1.54) is 14.2 Å². The third-order valence-electron chi connectivity index (χ3n) is 2.51. The van der Waals surface area contributed by atoms with Crippen LogP contribution in [0.15, 0.2) is 0 Å². The average Bonchev–Trinajstić information content (AvgIpc) is 2.77. The second-order valence-electron chi connectivity index (χ2n) is 3.68. The molecule has 0 aliphatic carbocycles. The van der Waals surface area contributed by atoms with Crippen LogP contribution >= 0.6 is 0 Å². The largest absolute Gasteiger partial charge is 0.469 e. The summed E-state index contributed by atoms with van der Waals surface area (Å²) in [5.74, 6) is -1.83. The van der Waals surface area contributed by atoms with Gasteiger partial charge in [-0.3, -0.25) is 9.59 Å². The molecule has 1 rings (SSSR count). The van der Waals surface area contributed by atoms with E-state index in [1.54, 1.807) is 0 Å². The minimum absolute atomic E-state index is 0.0482. The summed E-state index contributed by atoms with van der Waals surface area (Å²) in [5, 5.41) is 2.47. The highest BCUT2D eigenvalue weighted by Crippen LogP contribution is 2.20. The minimum atomic E-state index is -1.18. The van der Waals surface area contributed by atoms with Gasteiger partial charge in [0, 0.05) is 13.0 Å². The Kier molecular flexibility index (Phi) is 4.45. The molecule has 0 spiro atoms. The maximum Gasteiger partial charge on any atom is 0.334 e. The predicted molar refractivity (Wildman–Crippen MR) is 55.0 cm³/mol. The Morgan fingerprint density at radius 1 is 1.29 bits per heavy atom. The van der Waals surface area contributed by atoms with Crippen molar-refractivity contribution in [2.24, 2.45) is 0 Å².